The molecule has 168 valence electrons. The lowest BCUT2D eigenvalue weighted by molar-refractivity contribution is 0.104. The highest BCUT2D eigenvalue weighted by molar-refractivity contribution is 7.95. The highest BCUT2D eigenvalue weighted by atomic mass is 35.5. The fraction of sp³-hybridized carbons (Fsp3) is 0.0833. The maximum atomic E-state index is 15.1. The Morgan fingerprint density at radius 3 is 2.55 bits per heavy atom. The Hall–Kier alpha value is -3.36. The average Bonchev–Trinajstić information content (AvgIpc) is 3.19. The number of carbonyl (C=O) groups is 1. The summed E-state index contributed by atoms with van der Waals surface area (Å²) >= 11 is 5.94. The molecule has 2 aromatic carbocycles. The minimum Gasteiger partial charge on any atom is -0.288 e. The molecule has 0 fully saturated rings. The number of nitrogens with one attached hydrogen (secondary N) is 1. The van der Waals surface area contributed by atoms with Crippen LogP contribution >= 0.6 is 11.6 Å². The van der Waals surface area contributed by atoms with Crippen LogP contribution in [-0.4, -0.2) is 19.2 Å². The van der Waals surface area contributed by atoms with Gasteiger partial charge in [-0.3, -0.25) is 14.5 Å². The number of hydrogen-bond acceptors (Lipinski definition) is 4. The highest BCUT2D eigenvalue weighted by Crippen LogP contribution is 2.34. The van der Waals surface area contributed by atoms with Crippen LogP contribution in [0, 0.1) is 11.6 Å². The van der Waals surface area contributed by atoms with Crippen LogP contribution < -0.4 is 4.72 Å². The number of carbonyl (C=O) groups excluding carboxylic acids is 1. The quantitative estimate of drug-likeness (QED) is 0.448. The van der Waals surface area contributed by atoms with Crippen LogP contribution in [0.4, 0.5) is 14.5 Å². The molecule has 0 amide bonds. The number of hydrogen-bond donors (Lipinski definition) is 1. The van der Waals surface area contributed by atoms with Crippen molar-refractivity contribution in [2.24, 2.45) is 0 Å². The molecule has 1 aromatic heterocycles. The summed E-state index contributed by atoms with van der Waals surface area (Å²) in [6, 6.07) is 10.5. The molecule has 0 spiro atoms. The summed E-state index contributed by atoms with van der Waals surface area (Å²) in [6.45, 7) is 1.48. The molecule has 1 aliphatic rings. The van der Waals surface area contributed by atoms with E-state index in [-0.39, 0.29) is 5.57 Å². The molecule has 0 aliphatic heterocycles. The summed E-state index contributed by atoms with van der Waals surface area (Å²) in [4.78, 5) is 17.6. The first kappa shape index (κ1) is 22.8. The number of halogens is 3. The van der Waals surface area contributed by atoms with Crippen molar-refractivity contribution in [2.45, 2.75) is 13.3 Å². The number of fused-ring (bicyclic) bond motifs is 1. The van der Waals surface area contributed by atoms with Crippen LogP contribution in [0.15, 0.2) is 66.2 Å². The largest absolute Gasteiger partial charge is 0.288 e. The van der Waals surface area contributed by atoms with E-state index in [0.29, 0.717) is 28.3 Å². The molecule has 0 radical (unpaired) electrons. The van der Waals surface area contributed by atoms with Gasteiger partial charge in [-0.15, -0.1) is 0 Å². The Morgan fingerprint density at radius 1 is 1.12 bits per heavy atom. The van der Waals surface area contributed by atoms with Crippen molar-refractivity contribution in [3.05, 3.63) is 99.7 Å². The number of ketones is 1. The van der Waals surface area contributed by atoms with Crippen molar-refractivity contribution >= 4 is 38.7 Å². The zero-order valence-electron chi connectivity index (χ0n) is 17.3. The van der Waals surface area contributed by atoms with Crippen molar-refractivity contribution < 1.29 is 22.0 Å². The van der Waals surface area contributed by atoms with Gasteiger partial charge in [-0.05, 0) is 42.8 Å². The van der Waals surface area contributed by atoms with Gasteiger partial charge in [0.15, 0.2) is 11.6 Å². The third kappa shape index (κ3) is 4.58. The van der Waals surface area contributed by atoms with Gasteiger partial charge in [0.25, 0.3) is 10.0 Å². The van der Waals surface area contributed by atoms with Crippen molar-refractivity contribution in [1.29, 1.82) is 0 Å². The summed E-state index contributed by atoms with van der Waals surface area (Å²) in [5.41, 5.74) is 1.31. The Bertz CT molecular complexity index is 1430. The zero-order chi connectivity index (χ0) is 23.8. The minimum absolute atomic E-state index is 0.0968. The van der Waals surface area contributed by atoms with Crippen LogP contribution in [0.3, 0.4) is 0 Å². The molecule has 3 aromatic rings. The Kier molecular flexibility index (Phi) is 6.14. The lowest BCUT2D eigenvalue weighted by Gasteiger charge is -2.12. The van der Waals surface area contributed by atoms with Gasteiger partial charge in [0.05, 0.1) is 16.9 Å². The SMILES string of the molecule is C/C=C/S(=O)(=O)Nc1ccc(F)c(C(=O)C2=CCc3ncc(-c4ccc(Cl)cc4)cc32)c1F. The normalized spacial score (nSPS) is 13.2. The Balaban J connectivity index is 1.73. The van der Waals surface area contributed by atoms with E-state index in [4.69, 9.17) is 11.6 Å². The molecule has 0 saturated carbocycles. The number of allylic oxidation sites excluding steroid dienone is 3. The molecule has 1 heterocycles. The summed E-state index contributed by atoms with van der Waals surface area (Å²) < 4.78 is 55.6. The number of Topliss-reactive ketones (excluding diaryl/α,β-unsaturated/α-hetero) is 1. The molecule has 0 bridgehead atoms. The fourth-order valence-electron chi connectivity index (χ4n) is 3.55. The number of sulfonamides is 1. The second kappa shape index (κ2) is 8.88. The van der Waals surface area contributed by atoms with Crippen LogP contribution in [0.5, 0.6) is 0 Å². The van der Waals surface area contributed by atoms with Crippen molar-refractivity contribution in [3.8, 4) is 11.1 Å². The minimum atomic E-state index is -4.01. The molecule has 1 aliphatic carbocycles. The lowest BCUT2D eigenvalue weighted by atomic mass is 9.96. The van der Waals surface area contributed by atoms with Gasteiger partial charge < -0.3 is 0 Å². The summed E-state index contributed by atoms with van der Waals surface area (Å²) in [5, 5.41) is 1.40. The van der Waals surface area contributed by atoms with Crippen molar-refractivity contribution in [1.82, 2.24) is 4.98 Å². The molecule has 1 N–H and O–H groups in total. The van der Waals surface area contributed by atoms with E-state index in [0.717, 1.165) is 23.1 Å². The van der Waals surface area contributed by atoms with Crippen LogP contribution in [0.25, 0.3) is 16.7 Å². The van der Waals surface area contributed by atoms with E-state index >= 15 is 4.39 Å². The third-order valence-corrected chi connectivity index (χ3v) is 6.45. The molecule has 5 nitrogen and oxygen atoms in total. The first-order chi connectivity index (χ1) is 15.7. The van der Waals surface area contributed by atoms with Gasteiger partial charge in [0.2, 0.25) is 0 Å². The van der Waals surface area contributed by atoms with E-state index < -0.39 is 38.7 Å². The van der Waals surface area contributed by atoms with Gasteiger partial charge in [-0.2, -0.15) is 0 Å². The fourth-order valence-corrected chi connectivity index (χ4v) is 4.57. The zero-order valence-corrected chi connectivity index (χ0v) is 18.8. The van der Waals surface area contributed by atoms with Crippen LogP contribution in [-0.2, 0) is 16.4 Å². The Morgan fingerprint density at radius 2 is 1.85 bits per heavy atom. The summed E-state index contributed by atoms with van der Waals surface area (Å²) in [5.74, 6) is -3.28. The molecule has 33 heavy (non-hydrogen) atoms. The molecular weight excluding hydrogens is 470 g/mol. The van der Waals surface area contributed by atoms with E-state index in [1.54, 1.807) is 42.6 Å². The standard InChI is InChI=1S/C24H17ClF2N2O3S/c1-2-11-33(31,32)29-21-10-8-19(26)22(23(21)27)24(30)17-7-9-20-18(17)12-15(13-28-20)14-3-5-16(25)6-4-14/h2-8,10-13,29H,9H2,1H3/b11-2+. The molecule has 9 heteroatoms. The molecular formula is C24H17ClF2N2O3S. The molecule has 0 saturated heterocycles. The monoisotopic (exact) mass is 486 g/mol. The number of pyridine rings is 1. The van der Waals surface area contributed by atoms with Gasteiger partial charge in [-0.25, -0.2) is 17.2 Å². The van der Waals surface area contributed by atoms with Gasteiger partial charge >= 0.3 is 0 Å². The molecule has 0 atom stereocenters. The number of rotatable bonds is 6. The highest BCUT2D eigenvalue weighted by Gasteiger charge is 2.29. The second-order valence-electron chi connectivity index (χ2n) is 7.28. The van der Waals surface area contributed by atoms with Gasteiger partial charge in [0.1, 0.15) is 5.82 Å². The van der Waals surface area contributed by atoms with Gasteiger partial charge in [-0.1, -0.05) is 35.9 Å². The Labute approximate surface area is 194 Å². The van der Waals surface area contributed by atoms with Crippen LogP contribution in [0.1, 0.15) is 28.5 Å². The van der Waals surface area contributed by atoms with E-state index in [1.807, 2.05) is 4.72 Å². The smallest absolute Gasteiger partial charge is 0.254 e. The topological polar surface area (TPSA) is 76.1 Å². The van der Waals surface area contributed by atoms with E-state index in [2.05, 4.69) is 4.98 Å². The van der Waals surface area contributed by atoms with E-state index in [1.165, 1.54) is 13.0 Å². The van der Waals surface area contributed by atoms with Gasteiger partial charge in [0, 0.05) is 39.7 Å². The maximum Gasteiger partial charge on any atom is 0.254 e. The predicted octanol–water partition coefficient (Wildman–Crippen LogP) is 5.78. The number of benzene rings is 2. The predicted molar refractivity (Wildman–Crippen MR) is 124 cm³/mol. The number of nitrogens with zero attached hydrogens (tertiary/aromatic N) is 1. The molecule has 0 unspecified atom stereocenters. The first-order valence-electron chi connectivity index (χ1n) is 9.84. The maximum absolute atomic E-state index is 15.1. The summed E-state index contributed by atoms with van der Waals surface area (Å²) in [7, 11) is -4.01. The summed E-state index contributed by atoms with van der Waals surface area (Å²) in [6.07, 6.45) is 4.79. The number of aromatic nitrogens is 1. The number of anilines is 1. The first-order valence-corrected chi connectivity index (χ1v) is 11.8. The molecule has 4 rings (SSSR count). The third-order valence-electron chi connectivity index (χ3n) is 5.07. The average molecular weight is 487 g/mol. The lowest BCUT2D eigenvalue weighted by Crippen LogP contribution is -2.14. The second-order valence-corrected chi connectivity index (χ2v) is 9.28. The van der Waals surface area contributed by atoms with Crippen molar-refractivity contribution in [3.63, 3.8) is 0 Å². The van der Waals surface area contributed by atoms with Crippen LogP contribution in [0.2, 0.25) is 5.02 Å². The van der Waals surface area contributed by atoms with Crippen molar-refractivity contribution in [2.75, 3.05) is 4.72 Å². The van der Waals surface area contributed by atoms with E-state index in [9.17, 15) is 17.6 Å².